The molecule has 0 radical (unpaired) electrons. The normalized spacial score (nSPS) is 15.6. The van der Waals surface area contributed by atoms with Crippen LogP contribution in [0.15, 0.2) is 52.7 Å². The first kappa shape index (κ1) is 23.3. The van der Waals surface area contributed by atoms with Crippen molar-refractivity contribution < 1.29 is 28.9 Å². The molecule has 1 N–H and O–H groups in total. The molecule has 34 heavy (non-hydrogen) atoms. The molecule has 0 spiro atoms. The molecular weight excluding hydrogens is 438 g/mol. The van der Waals surface area contributed by atoms with Gasteiger partial charge in [0.05, 0.1) is 12.1 Å². The van der Waals surface area contributed by atoms with Crippen molar-refractivity contribution in [2.75, 3.05) is 13.2 Å². The van der Waals surface area contributed by atoms with Gasteiger partial charge >= 0.3 is 11.9 Å². The largest absolute Gasteiger partial charge is 0.493 e. The number of amides is 1. The summed E-state index contributed by atoms with van der Waals surface area (Å²) in [6.07, 6.45) is -0.971. The first-order chi connectivity index (χ1) is 16.2. The first-order valence-electron chi connectivity index (χ1n) is 11.0. The summed E-state index contributed by atoms with van der Waals surface area (Å²) in [4.78, 5) is 24.7. The molecule has 4 rings (SSSR count). The van der Waals surface area contributed by atoms with Gasteiger partial charge in [0, 0.05) is 5.39 Å². The van der Waals surface area contributed by atoms with Crippen molar-refractivity contribution in [1.29, 1.82) is 0 Å². The Hall–Kier alpha value is -3.88. The molecule has 1 aliphatic heterocycles. The summed E-state index contributed by atoms with van der Waals surface area (Å²) < 4.78 is 17.9. The number of azo groups is 1. The van der Waals surface area contributed by atoms with Crippen molar-refractivity contribution >= 4 is 28.5 Å². The van der Waals surface area contributed by atoms with Crippen LogP contribution in [0.25, 0.3) is 10.9 Å². The molecule has 0 bridgehead atoms. The van der Waals surface area contributed by atoms with Gasteiger partial charge in [-0.15, -0.1) is 10.2 Å². The number of aromatic nitrogens is 1. The minimum absolute atomic E-state index is 0.00365. The van der Waals surface area contributed by atoms with Gasteiger partial charge in [0.15, 0.2) is 17.2 Å². The highest BCUT2D eigenvalue weighted by molar-refractivity contribution is 5.96. The van der Waals surface area contributed by atoms with Crippen LogP contribution in [-0.4, -0.2) is 40.9 Å². The summed E-state index contributed by atoms with van der Waals surface area (Å²) in [7, 11) is 0. The zero-order valence-corrected chi connectivity index (χ0v) is 19.6. The zero-order chi connectivity index (χ0) is 24.5. The third kappa shape index (κ3) is 4.59. The van der Waals surface area contributed by atoms with Crippen LogP contribution in [0.5, 0.6) is 17.4 Å². The summed E-state index contributed by atoms with van der Waals surface area (Å²) in [5.74, 6) is -0.394. The molecule has 1 aliphatic rings. The number of aromatic hydroxyl groups is 1. The lowest BCUT2D eigenvalue weighted by Gasteiger charge is -2.27. The smallest absolute Gasteiger partial charge is 0.326 e. The van der Waals surface area contributed by atoms with Gasteiger partial charge in [-0.1, -0.05) is 45.0 Å². The van der Waals surface area contributed by atoms with E-state index in [1.807, 2.05) is 18.2 Å². The van der Waals surface area contributed by atoms with Crippen LogP contribution in [0.2, 0.25) is 0 Å². The SMILES string of the molecule is CCOC(=O)Cn1c(O)c(N=NC(=O)[C@H]2COc3ccc(C(C)(C)C)cc3O2)c2ccccc21. The predicted octanol–water partition coefficient (Wildman–Crippen LogP) is 4.66. The molecule has 0 aliphatic carbocycles. The van der Waals surface area contributed by atoms with Gasteiger partial charge in [-0.2, -0.15) is 0 Å². The van der Waals surface area contributed by atoms with Crippen LogP contribution in [0.4, 0.5) is 5.69 Å². The van der Waals surface area contributed by atoms with Gasteiger partial charge in [0.1, 0.15) is 13.2 Å². The number of fused-ring (bicyclic) bond motifs is 2. The molecule has 0 saturated heterocycles. The molecule has 2 heterocycles. The molecule has 0 saturated carbocycles. The van der Waals surface area contributed by atoms with Gasteiger partial charge < -0.3 is 19.3 Å². The maximum atomic E-state index is 12.8. The standard InChI is InChI=1S/C25H27N3O6/c1-5-32-21(29)13-28-17-9-7-6-8-16(17)22(24(28)31)26-27-23(30)20-14-33-18-11-10-15(25(2,3)4)12-19(18)34-20/h6-12,20,31H,5,13-14H2,1-4H3/t20-/m1/s1. The van der Waals surface area contributed by atoms with E-state index in [0.717, 1.165) is 5.56 Å². The van der Waals surface area contributed by atoms with E-state index in [4.69, 9.17) is 14.2 Å². The van der Waals surface area contributed by atoms with Crippen LogP contribution in [0.1, 0.15) is 33.3 Å². The lowest BCUT2D eigenvalue weighted by Crippen LogP contribution is -2.35. The number of carbonyl (C=O) groups excluding carboxylic acids is 2. The molecule has 1 atom stereocenters. The highest BCUT2D eigenvalue weighted by Crippen LogP contribution is 2.39. The lowest BCUT2D eigenvalue weighted by molar-refractivity contribution is -0.143. The second-order valence-electron chi connectivity index (χ2n) is 8.95. The van der Waals surface area contributed by atoms with Crippen LogP contribution >= 0.6 is 0 Å². The second-order valence-corrected chi connectivity index (χ2v) is 8.95. The molecule has 0 fully saturated rings. The molecule has 9 nitrogen and oxygen atoms in total. The van der Waals surface area contributed by atoms with E-state index in [9.17, 15) is 14.7 Å². The Morgan fingerprint density at radius 2 is 1.94 bits per heavy atom. The Labute approximate surface area is 197 Å². The second kappa shape index (κ2) is 9.17. The van der Waals surface area contributed by atoms with E-state index in [0.29, 0.717) is 22.4 Å². The van der Waals surface area contributed by atoms with E-state index in [1.54, 1.807) is 31.2 Å². The van der Waals surface area contributed by atoms with Crippen molar-refractivity contribution in [3.8, 4) is 17.4 Å². The summed E-state index contributed by atoms with van der Waals surface area (Å²) in [5.41, 5.74) is 1.60. The number of esters is 1. The van der Waals surface area contributed by atoms with Gasteiger partial charge in [0.25, 0.3) is 0 Å². The Balaban J connectivity index is 1.58. The fourth-order valence-electron chi connectivity index (χ4n) is 3.69. The van der Waals surface area contributed by atoms with E-state index in [2.05, 4.69) is 31.0 Å². The predicted molar refractivity (Wildman–Crippen MR) is 125 cm³/mol. The topological polar surface area (TPSA) is 112 Å². The number of ether oxygens (including phenoxy) is 3. The Kier molecular flexibility index (Phi) is 6.28. The number of para-hydroxylation sites is 1. The van der Waals surface area contributed by atoms with Crippen LogP contribution in [0.3, 0.4) is 0 Å². The molecule has 1 amide bonds. The Bertz CT molecular complexity index is 1270. The molecular formula is C25H27N3O6. The lowest BCUT2D eigenvalue weighted by atomic mass is 9.87. The Morgan fingerprint density at radius 1 is 1.18 bits per heavy atom. The van der Waals surface area contributed by atoms with E-state index in [-0.39, 0.29) is 36.7 Å². The number of hydrogen-bond acceptors (Lipinski definition) is 7. The molecule has 2 aromatic carbocycles. The summed E-state index contributed by atoms with van der Waals surface area (Å²) in [6.45, 7) is 7.98. The highest BCUT2D eigenvalue weighted by atomic mass is 16.6. The quantitative estimate of drug-likeness (QED) is 0.433. The van der Waals surface area contributed by atoms with Crippen molar-refractivity contribution in [1.82, 2.24) is 4.57 Å². The monoisotopic (exact) mass is 465 g/mol. The minimum Gasteiger partial charge on any atom is -0.493 e. The number of benzene rings is 2. The van der Waals surface area contributed by atoms with Crippen LogP contribution in [-0.2, 0) is 26.3 Å². The van der Waals surface area contributed by atoms with Crippen molar-refractivity contribution in [3.05, 3.63) is 48.0 Å². The summed E-state index contributed by atoms with van der Waals surface area (Å²) >= 11 is 0. The molecule has 3 aromatic rings. The summed E-state index contributed by atoms with van der Waals surface area (Å²) in [6, 6.07) is 12.6. The number of carbonyl (C=O) groups is 2. The fourth-order valence-corrected chi connectivity index (χ4v) is 3.69. The molecule has 0 unspecified atom stereocenters. The van der Waals surface area contributed by atoms with Gasteiger partial charge in [-0.25, -0.2) is 0 Å². The number of hydrogen-bond donors (Lipinski definition) is 1. The van der Waals surface area contributed by atoms with E-state index >= 15 is 0 Å². The molecule has 178 valence electrons. The van der Waals surface area contributed by atoms with Gasteiger partial charge in [-0.05, 0) is 36.1 Å². The fraction of sp³-hybridized carbons (Fsp3) is 0.360. The molecule has 1 aromatic heterocycles. The van der Waals surface area contributed by atoms with Crippen LogP contribution < -0.4 is 9.47 Å². The third-order valence-corrected chi connectivity index (χ3v) is 5.50. The maximum absolute atomic E-state index is 12.8. The zero-order valence-electron chi connectivity index (χ0n) is 19.6. The highest BCUT2D eigenvalue weighted by Gasteiger charge is 2.29. The molecule has 9 heteroatoms. The first-order valence-corrected chi connectivity index (χ1v) is 11.0. The van der Waals surface area contributed by atoms with Crippen LogP contribution in [0, 0.1) is 0 Å². The van der Waals surface area contributed by atoms with Crippen molar-refractivity contribution in [2.24, 2.45) is 10.2 Å². The van der Waals surface area contributed by atoms with E-state index in [1.165, 1.54) is 4.57 Å². The maximum Gasteiger partial charge on any atom is 0.326 e. The van der Waals surface area contributed by atoms with Gasteiger partial charge in [0.2, 0.25) is 12.0 Å². The van der Waals surface area contributed by atoms with Crippen molar-refractivity contribution in [3.63, 3.8) is 0 Å². The summed E-state index contributed by atoms with van der Waals surface area (Å²) in [5, 5.41) is 19.1. The van der Waals surface area contributed by atoms with Gasteiger partial charge in [-0.3, -0.25) is 14.2 Å². The minimum atomic E-state index is -0.971. The number of nitrogens with zero attached hydrogens (tertiary/aromatic N) is 3. The van der Waals surface area contributed by atoms with E-state index < -0.39 is 18.0 Å². The third-order valence-electron chi connectivity index (χ3n) is 5.50. The number of rotatable bonds is 5. The Morgan fingerprint density at radius 3 is 2.68 bits per heavy atom. The average molecular weight is 466 g/mol. The van der Waals surface area contributed by atoms with Crippen molar-refractivity contribution in [2.45, 2.75) is 45.8 Å². The average Bonchev–Trinajstić information content (AvgIpc) is 3.07.